The van der Waals surface area contributed by atoms with Crippen molar-refractivity contribution in [1.82, 2.24) is 4.98 Å². The standard InChI is InChI=1S/C7H8N2O/c1-5-6(3-8)2-7(10)4-9-5/h2-4,8,10H,1H3. The third-order valence-corrected chi connectivity index (χ3v) is 1.27. The van der Waals surface area contributed by atoms with Crippen LogP contribution in [0.4, 0.5) is 0 Å². The third-order valence-electron chi connectivity index (χ3n) is 1.27. The number of nitrogens with zero attached hydrogens (tertiary/aromatic N) is 1. The second-order valence-corrected chi connectivity index (χ2v) is 2.01. The summed E-state index contributed by atoms with van der Waals surface area (Å²) < 4.78 is 0. The number of nitrogens with one attached hydrogen (secondary N) is 1. The Morgan fingerprint density at radius 3 is 2.90 bits per heavy atom. The molecule has 1 aromatic heterocycles. The lowest BCUT2D eigenvalue weighted by Gasteiger charge is -1.96. The average molecular weight is 136 g/mol. The maximum absolute atomic E-state index is 8.90. The van der Waals surface area contributed by atoms with Gasteiger partial charge in [0.15, 0.2) is 0 Å². The molecule has 0 aromatic carbocycles. The number of aromatic nitrogens is 1. The van der Waals surface area contributed by atoms with Gasteiger partial charge in [-0.1, -0.05) is 0 Å². The lowest BCUT2D eigenvalue weighted by Crippen LogP contribution is -1.88. The van der Waals surface area contributed by atoms with Gasteiger partial charge in [-0.3, -0.25) is 4.98 Å². The van der Waals surface area contributed by atoms with E-state index in [4.69, 9.17) is 10.5 Å². The maximum Gasteiger partial charge on any atom is 0.134 e. The highest BCUT2D eigenvalue weighted by Gasteiger charge is 1.95. The van der Waals surface area contributed by atoms with Crippen LogP contribution >= 0.6 is 0 Å². The SMILES string of the molecule is Cc1ncc(O)cc1C=N. The van der Waals surface area contributed by atoms with Crippen molar-refractivity contribution in [3.05, 3.63) is 23.5 Å². The highest BCUT2D eigenvalue weighted by molar-refractivity contribution is 5.78. The summed E-state index contributed by atoms with van der Waals surface area (Å²) in [5, 5.41) is 15.8. The number of pyridine rings is 1. The van der Waals surface area contributed by atoms with Crippen LogP contribution in [-0.4, -0.2) is 16.3 Å². The van der Waals surface area contributed by atoms with E-state index in [1.54, 1.807) is 6.92 Å². The molecular formula is C7H8N2O. The van der Waals surface area contributed by atoms with Crippen LogP contribution in [0.2, 0.25) is 0 Å². The van der Waals surface area contributed by atoms with Crippen LogP contribution in [0.25, 0.3) is 0 Å². The fraction of sp³-hybridized carbons (Fsp3) is 0.143. The number of aryl methyl sites for hydroxylation is 1. The summed E-state index contributed by atoms with van der Waals surface area (Å²) in [7, 11) is 0. The molecule has 10 heavy (non-hydrogen) atoms. The third kappa shape index (κ3) is 1.13. The zero-order chi connectivity index (χ0) is 7.56. The van der Waals surface area contributed by atoms with E-state index < -0.39 is 0 Å². The Hall–Kier alpha value is -1.38. The van der Waals surface area contributed by atoms with Gasteiger partial charge in [-0.05, 0) is 13.0 Å². The van der Waals surface area contributed by atoms with Crippen molar-refractivity contribution in [3.8, 4) is 5.75 Å². The fourth-order valence-corrected chi connectivity index (χ4v) is 0.685. The predicted molar refractivity (Wildman–Crippen MR) is 38.5 cm³/mol. The van der Waals surface area contributed by atoms with Crippen LogP contribution in [-0.2, 0) is 0 Å². The molecule has 0 bridgehead atoms. The first-order chi connectivity index (χ1) is 4.74. The van der Waals surface area contributed by atoms with Crippen molar-refractivity contribution < 1.29 is 5.11 Å². The molecule has 0 unspecified atom stereocenters. The largest absolute Gasteiger partial charge is 0.506 e. The molecule has 1 aromatic rings. The minimum Gasteiger partial charge on any atom is -0.506 e. The highest BCUT2D eigenvalue weighted by atomic mass is 16.3. The average Bonchev–Trinajstić information content (AvgIpc) is 1.94. The summed E-state index contributed by atoms with van der Waals surface area (Å²) in [4.78, 5) is 3.85. The molecule has 0 aliphatic heterocycles. The Bertz CT molecular complexity index is 258. The second kappa shape index (κ2) is 2.47. The Morgan fingerprint density at radius 2 is 2.40 bits per heavy atom. The van der Waals surface area contributed by atoms with E-state index in [-0.39, 0.29) is 5.75 Å². The molecule has 0 amide bonds. The van der Waals surface area contributed by atoms with Crippen LogP contribution < -0.4 is 0 Å². The zero-order valence-corrected chi connectivity index (χ0v) is 5.63. The molecule has 2 N–H and O–H groups in total. The van der Waals surface area contributed by atoms with Gasteiger partial charge in [-0.2, -0.15) is 0 Å². The number of aromatic hydroxyl groups is 1. The minimum atomic E-state index is 0.101. The molecule has 3 nitrogen and oxygen atoms in total. The van der Waals surface area contributed by atoms with E-state index in [2.05, 4.69) is 4.98 Å². The van der Waals surface area contributed by atoms with Crippen LogP contribution in [0, 0.1) is 12.3 Å². The quantitative estimate of drug-likeness (QED) is 0.568. The van der Waals surface area contributed by atoms with Crippen molar-refractivity contribution in [2.24, 2.45) is 0 Å². The van der Waals surface area contributed by atoms with Crippen LogP contribution in [0.3, 0.4) is 0 Å². The summed E-state index contributed by atoms with van der Waals surface area (Å²) in [6, 6.07) is 1.51. The molecule has 1 rings (SSSR count). The summed E-state index contributed by atoms with van der Waals surface area (Å²) in [5.74, 6) is 0.101. The molecule has 3 heteroatoms. The van der Waals surface area contributed by atoms with Gasteiger partial charge < -0.3 is 10.5 Å². The maximum atomic E-state index is 8.90. The van der Waals surface area contributed by atoms with Crippen molar-refractivity contribution in [2.75, 3.05) is 0 Å². The van der Waals surface area contributed by atoms with Crippen molar-refractivity contribution in [1.29, 1.82) is 5.41 Å². The fourth-order valence-electron chi connectivity index (χ4n) is 0.685. The van der Waals surface area contributed by atoms with E-state index in [0.717, 1.165) is 5.69 Å². The van der Waals surface area contributed by atoms with E-state index >= 15 is 0 Å². The molecule has 0 radical (unpaired) electrons. The molecule has 1 heterocycles. The first-order valence-electron chi connectivity index (χ1n) is 2.90. The topological polar surface area (TPSA) is 57.0 Å². The molecule has 0 saturated carbocycles. The first kappa shape index (κ1) is 6.74. The molecule has 0 aliphatic carbocycles. The second-order valence-electron chi connectivity index (χ2n) is 2.01. The van der Waals surface area contributed by atoms with Gasteiger partial charge in [0.2, 0.25) is 0 Å². The molecule has 0 fully saturated rings. The van der Waals surface area contributed by atoms with Crippen molar-refractivity contribution in [3.63, 3.8) is 0 Å². The monoisotopic (exact) mass is 136 g/mol. The molecule has 0 aliphatic rings. The van der Waals surface area contributed by atoms with Gasteiger partial charge in [0.1, 0.15) is 5.75 Å². The van der Waals surface area contributed by atoms with E-state index in [1.165, 1.54) is 18.5 Å². The van der Waals surface area contributed by atoms with E-state index in [0.29, 0.717) is 5.56 Å². The molecular weight excluding hydrogens is 128 g/mol. The van der Waals surface area contributed by atoms with Gasteiger partial charge in [0.05, 0.1) is 6.20 Å². The summed E-state index contributed by atoms with van der Waals surface area (Å²) in [5.41, 5.74) is 1.41. The number of hydrogen-bond donors (Lipinski definition) is 2. The smallest absolute Gasteiger partial charge is 0.134 e. The molecule has 0 spiro atoms. The van der Waals surface area contributed by atoms with E-state index in [9.17, 15) is 0 Å². The summed E-state index contributed by atoms with van der Waals surface area (Å²) in [6.45, 7) is 1.79. The first-order valence-corrected chi connectivity index (χ1v) is 2.90. The molecule has 0 atom stereocenters. The Kier molecular flexibility index (Phi) is 1.67. The Morgan fingerprint density at radius 1 is 1.70 bits per heavy atom. The molecule has 52 valence electrons. The van der Waals surface area contributed by atoms with Crippen molar-refractivity contribution >= 4 is 6.21 Å². The lowest BCUT2D eigenvalue weighted by atomic mass is 10.2. The van der Waals surface area contributed by atoms with Gasteiger partial charge in [-0.15, -0.1) is 0 Å². The number of hydrogen-bond acceptors (Lipinski definition) is 3. The van der Waals surface area contributed by atoms with E-state index in [1.807, 2.05) is 0 Å². The van der Waals surface area contributed by atoms with Gasteiger partial charge in [0, 0.05) is 17.5 Å². The zero-order valence-electron chi connectivity index (χ0n) is 5.63. The predicted octanol–water partition coefficient (Wildman–Crippen LogP) is 1.09. The Labute approximate surface area is 58.9 Å². The lowest BCUT2D eigenvalue weighted by molar-refractivity contribution is 0.472. The van der Waals surface area contributed by atoms with Gasteiger partial charge in [0.25, 0.3) is 0 Å². The normalized spacial score (nSPS) is 9.30. The summed E-state index contributed by atoms with van der Waals surface area (Å²) >= 11 is 0. The van der Waals surface area contributed by atoms with Crippen LogP contribution in [0.5, 0.6) is 5.75 Å². The summed E-state index contributed by atoms with van der Waals surface area (Å²) in [6.07, 6.45) is 2.53. The van der Waals surface area contributed by atoms with Crippen LogP contribution in [0.15, 0.2) is 12.3 Å². The Balaban J connectivity index is 3.21. The van der Waals surface area contributed by atoms with Gasteiger partial charge in [-0.25, -0.2) is 0 Å². The minimum absolute atomic E-state index is 0.101. The highest BCUT2D eigenvalue weighted by Crippen LogP contribution is 2.09. The van der Waals surface area contributed by atoms with Crippen molar-refractivity contribution in [2.45, 2.75) is 6.92 Å². The number of rotatable bonds is 1. The molecule has 0 saturated heterocycles. The van der Waals surface area contributed by atoms with Crippen LogP contribution in [0.1, 0.15) is 11.3 Å². The van der Waals surface area contributed by atoms with Gasteiger partial charge >= 0.3 is 0 Å².